The molecule has 0 amide bonds. The summed E-state index contributed by atoms with van der Waals surface area (Å²) in [5.41, 5.74) is 0. The van der Waals surface area contributed by atoms with Crippen molar-refractivity contribution in [3.8, 4) is 5.88 Å². The van der Waals surface area contributed by atoms with E-state index in [0.717, 1.165) is 12.4 Å². The molecule has 0 aliphatic rings. The number of rotatable bonds is 7. The van der Waals surface area contributed by atoms with E-state index < -0.39 is 0 Å². The average molecular weight is 223 g/mol. The first-order valence-electron chi connectivity index (χ1n) is 5.14. The fourth-order valence-electron chi connectivity index (χ4n) is 1.16. The Kier molecular flexibility index (Phi) is 5.28. The standard InChI is InChI=1S/C11H17N3O2/c1-4-6-16-11-7-9(12-5-2)13-10(14-11)8-15-3/h4,7H,1,5-6,8H2,2-3H3,(H,12,13,14). The van der Waals surface area contributed by atoms with Crippen LogP contribution in [0.1, 0.15) is 12.7 Å². The summed E-state index contributed by atoms with van der Waals surface area (Å²) in [6, 6.07) is 1.76. The maximum atomic E-state index is 5.36. The normalized spacial score (nSPS) is 9.88. The minimum atomic E-state index is 0.365. The van der Waals surface area contributed by atoms with E-state index in [1.807, 2.05) is 6.92 Å². The van der Waals surface area contributed by atoms with Crippen LogP contribution >= 0.6 is 0 Å². The van der Waals surface area contributed by atoms with Gasteiger partial charge < -0.3 is 14.8 Å². The van der Waals surface area contributed by atoms with Gasteiger partial charge in [-0.25, -0.2) is 4.98 Å². The molecule has 1 aromatic heterocycles. The minimum absolute atomic E-state index is 0.365. The van der Waals surface area contributed by atoms with Crippen molar-refractivity contribution in [2.45, 2.75) is 13.5 Å². The largest absolute Gasteiger partial charge is 0.473 e. The third kappa shape index (κ3) is 3.86. The molecule has 5 nitrogen and oxygen atoms in total. The van der Waals surface area contributed by atoms with Crippen molar-refractivity contribution in [1.29, 1.82) is 0 Å². The summed E-state index contributed by atoms with van der Waals surface area (Å²) in [4.78, 5) is 8.46. The first-order valence-corrected chi connectivity index (χ1v) is 5.14. The van der Waals surface area contributed by atoms with E-state index in [9.17, 15) is 0 Å². The lowest BCUT2D eigenvalue weighted by atomic mass is 10.5. The predicted octanol–water partition coefficient (Wildman–Crippen LogP) is 1.62. The number of ether oxygens (including phenoxy) is 2. The highest BCUT2D eigenvalue weighted by Gasteiger charge is 2.04. The molecule has 1 rings (SSSR count). The number of hydrogen-bond acceptors (Lipinski definition) is 5. The van der Waals surface area contributed by atoms with Gasteiger partial charge in [0.2, 0.25) is 5.88 Å². The number of aromatic nitrogens is 2. The van der Waals surface area contributed by atoms with Crippen LogP contribution in [0.2, 0.25) is 0 Å². The van der Waals surface area contributed by atoms with E-state index in [1.165, 1.54) is 0 Å². The third-order valence-corrected chi connectivity index (χ3v) is 1.73. The Labute approximate surface area is 95.5 Å². The Morgan fingerprint density at radius 2 is 2.31 bits per heavy atom. The van der Waals surface area contributed by atoms with Crippen LogP contribution in [0.15, 0.2) is 18.7 Å². The van der Waals surface area contributed by atoms with Crippen molar-refractivity contribution in [3.63, 3.8) is 0 Å². The fourth-order valence-corrected chi connectivity index (χ4v) is 1.16. The summed E-state index contributed by atoms with van der Waals surface area (Å²) >= 11 is 0. The van der Waals surface area contributed by atoms with Gasteiger partial charge in [-0.15, -0.1) is 0 Å². The molecule has 0 fully saturated rings. The maximum Gasteiger partial charge on any atom is 0.219 e. The van der Waals surface area contributed by atoms with Gasteiger partial charge in [-0.2, -0.15) is 4.98 Å². The zero-order valence-corrected chi connectivity index (χ0v) is 9.69. The highest BCUT2D eigenvalue weighted by atomic mass is 16.5. The molecule has 1 heterocycles. The second-order valence-electron chi connectivity index (χ2n) is 3.07. The van der Waals surface area contributed by atoms with Crippen molar-refractivity contribution in [2.24, 2.45) is 0 Å². The van der Waals surface area contributed by atoms with Crippen LogP contribution in [0.25, 0.3) is 0 Å². The Bertz CT molecular complexity index is 318. The summed E-state index contributed by atoms with van der Waals surface area (Å²) in [5.74, 6) is 1.86. The number of nitrogens with zero attached hydrogens (tertiary/aromatic N) is 2. The van der Waals surface area contributed by atoms with Crippen molar-refractivity contribution < 1.29 is 9.47 Å². The van der Waals surface area contributed by atoms with Gasteiger partial charge in [-0.05, 0) is 6.92 Å². The molecule has 88 valence electrons. The minimum Gasteiger partial charge on any atom is -0.473 e. The molecule has 0 radical (unpaired) electrons. The van der Waals surface area contributed by atoms with Crippen molar-refractivity contribution in [3.05, 3.63) is 24.5 Å². The first-order chi connectivity index (χ1) is 7.80. The van der Waals surface area contributed by atoms with E-state index in [-0.39, 0.29) is 0 Å². The summed E-state index contributed by atoms with van der Waals surface area (Å²) in [6.07, 6.45) is 1.67. The zero-order valence-electron chi connectivity index (χ0n) is 9.69. The molecular formula is C11H17N3O2. The van der Waals surface area contributed by atoms with Gasteiger partial charge in [0.05, 0.1) is 0 Å². The molecule has 0 saturated carbocycles. The van der Waals surface area contributed by atoms with Crippen LogP contribution in [0.5, 0.6) is 5.88 Å². The lowest BCUT2D eigenvalue weighted by Crippen LogP contribution is -2.06. The van der Waals surface area contributed by atoms with E-state index in [4.69, 9.17) is 9.47 Å². The zero-order chi connectivity index (χ0) is 11.8. The second kappa shape index (κ2) is 6.79. The molecule has 16 heavy (non-hydrogen) atoms. The topological polar surface area (TPSA) is 56.3 Å². The van der Waals surface area contributed by atoms with Crippen molar-refractivity contribution in [1.82, 2.24) is 9.97 Å². The molecule has 0 aromatic carbocycles. The molecule has 0 saturated heterocycles. The first kappa shape index (κ1) is 12.4. The van der Waals surface area contributed by atoms with E-state index >= 15 is 0 Å². The van der Waals surface area contributed by atoms with Gasteiger partial charge in [0.25, 0.3) is 0 Å². The van der Waals surface area contributed by atoms with Crippen LogP contribution in [0.4, 0.5) is 5.82 Å². The molecular weight excluding hydrogens is 206 g/mol. The Morgan fingerprint density at radius 3 is 2.94 bits per heavy atom. The second-order valence-corrected chi connectivity index (χ2v) is 3.07. The van der Waals surface area contributed by atoms with Crippen LogP contribution in [0, 0.1) is 0 Å². The highest BCUT2D eigenvalue weighted by Crippen LogP contribution is 2.13. The average Bonchev–Trinajstić information content (AvgIpc) is 2.27. The summed E-state index contributed by atoms with van der Waals surface area (Å²) in [7, 11) is 1.60. The molecule has 0 unspecified atom stereocenters. The van der Waals surface area contributed by atoms with E-state index in [2.05, 4.69) is 21.9 Å². The van der Waals surface area contributed by atoms with E-state index in [1.54, 1.807) is 19.3 Å². The van der Waals surface area contributed by atoms with Crippen LogP contribution in [-0.4, -0.2) is 30.2 Å². The number of methoxy groups -OCH3 is 1. The molecule has 0 aliphatic carbocycles. The molecule has 0 spiro atoms. The number of nitrogens with one attached hydrogen (secondary N) is 1. The molecule has 0 atom stereocenters. The van der Waals surface area contributed by atoms with Crippen molar-refractivity contribution in [2.75, 3.05) is 25.6 Å². The third-order valence-electron chi connectivity index (χ3n) is 1.73. The van der Waals surface area contributed by atoms with Crippen LogP contribution < -0.4 is 10.1 Å². The van der Waals surface area contributed by atoms with Gasteiger partial charge in [-0.3, -0.25) is 0 Å². The SMILES string of the molecule is C=CCOc1cc(NCC)nc(COC)n1. The van der Waals surface area contributed by atoms with Crippen LogP contribution in [-0.2, 0) is 11.3 Å². The lowest BCUT2D eigenvalue weighted by molar-refractivity contribution is 0.176. The number of hydrogen-bond donors (Lipinski definition) is 1. The Morgan fingerprint density at radius 1 is 1.50 bits per heavy atom. The highest BCUT2D eigenvalue weighted by molar-refractivity contribution is 5.38. The summed E-state index contributed by atoms with van der Waals surface area (Å²) < 4.78 is 10.4. The molecule has 1 N–H and O–H groups in total. The fraction of sp³-hybridized carbons (Fsp3) is 0.455. The molecule has 5 heteroatoms. The van der Waals surface area contributed by atoms with Gasteiger partial charge >= 0.3 is 0 Å². The quantitative estimate of drug-likeness (QED) is 0.712. The Balaban J connectivity index is 2.84. The number of anilines is 1. The smallest absolute Gasteiger partial charge is 0.219 e. The van der Waals surface area contributed by atoms with Crippen molar-refractivity contribution >= 4 is 5.82 Å². The van der Waals surface area contributed by atoms with Gasteiger partial charge in [-0.1, -0.05) is 12.7 Å². The van der Waals surface area contributed by atoms with Gasteiger partial charge in [0.15, 0.2) is 5.82 Å². The van der Waals surface area contributed by atoms with Gasteiger partial charge in [0, 0.05) is 19.7 Å². The molecule has 1 aromatic rings. The summed E-state index contributed by atoms with van der Waals surface area (Å²) in [5, 5.41) is 3.11. The molecule has 0 aliphatic heterocycles. The van der Waals surface area contributed by atoms with Gasteiger partial charge in [0.1, 0.15) is 19.0 Å². The van der Waals surface area contributed by atoms with E-state index in [0.29, 0.717) is 24.9 Å². The maximum absolute atomic E-state index is 5.36. The Hall–Kier alpha value is -1.62. The lowest BCUT2D eigenvalue weighted by Gasteiger charge is -2.08. The monoisotopic (exact) mass is 223 g/mol. The van der Waals surface area contributed by atoms with Crippen LogP contribution in [0.3, 0.4) is 0 Å². The summed E-state index contributed by atoms with van der Waals surface area (Å²) in [6.45, 7) is 7.17. The molecule has 0 bridgehead atoms. The predicted molar refractivity (Wildman–Crippen MR) is 62.6 cm³/mol.